The third-order valence-electron chi connectivity index (χ3n) is 5.20. The van der Waals surface area contributed by atoms with Crippen molar-refractivity contribution in [2.24, 2.45) is 18.0 Å². The summed E-state index contributed by atoms with van der Waals surface area (Å²) in [7, 11) is 1.89. The summed E-state index contributed by atoms with van der Waals surface area (Å²) in [5, 5.41) is 5.19. The van der Waals surface area contributed by atoms with E-state index in [1.54, 1.807) is 4.68 Å². The van der Waals surface area contributed by atoms with Crippen LogP contribution in [0.3, 0.4) is 0 Å². The Morgan fingerprint density at radius 2 is 1.96 bits per heavy atom. The molecule has 2 aliphatic heterocycles. The normalized spacial score (nSPS) is 19.8. The van der Waals surface area contributed by atoms with Crippen LogP contribution in [-0.4, -0.2) is 38.8 Å². The van der Waals surface area contributed by atoms with E-state index in [9.17, 15) is 4.79 Å². The van der Waals surface area contributed by atoms with Crippen LogP contribution in [0.15, 0.2) is 46.4 Å². The second-order valence-corrected chi connectivity index (χ2v) is 8.28. The number of aliphatic imine (C=N–C) groups is 1. The van der Waals surface area contributed by atoms with Gasteiger partial charge >= 0.3 is 0 Å². The third kappa shape index (κ3) is 4.16. The summed E-state index contributed by atoms with van der Waals surface area (Å²) < 4.78 is 1.77. The zero-order chi connectivity index (χ0) is 18.8. The Morgan fingerprint density at radius 3 is 2.63 bits per heavy atom. The Bertz CT molecular complexity index is 892. The van der Waals surface area contributed by atoms with Crippen LogP contribution < -0.4 is 0 Å². The first-order chi connectivity index (χ1) is 13.1. The highest BCUT2D eigenvalue weighted by Crippen LogP contribution is 2.33. The largest absolute Gasteiger partial charge is 0.351 e. The van der Waals surface area contributed by atoms with Gasteiger partial charge in [-0.25, -0.2) is 0 Å². The van der Waals surface area contributed by atoms with E-state index in [4.69, 9.17) is 0 Å². The highest BCUT2D eigenvalue weighted by molar-refractivity contribution is 8.18. The van der Waals surface area contributed by atoms with Crippen LogP contribution >= 0.6 is 11.8 Å². The molecule has 0 N–H and O–H groups in total. The molecule has 140 valence electrons. The fourth-order valence-corrected chi connectivity index (χ4v) is 4.67. The SMILES string of the molecule is Cc1nn(C)cc1C=C1SC(N2CCC(Cc3ccccc3)CC2)=NC1=O. The van der Waals surface area contributed by atoms with Crippen molar-refractivity contribution in [3.05, 3.63) is 58.3 Å². The molecule has 27 heavy (non-hydrogen) atoms. The molecule has 0 unspecified atom stereocenters. The number of amides is 1. The molecular weight excluding hydrogens is 356 g/mol. The van der Waals surface area contributed by atoms with Gasteiger partial charge in [-0.1, -0.05) is 30.3 Å². The van der Waals surface area contributed by atoms with Crippen LogP contribution in [0, 0.1) is 12.8 Å². The van der Waals surface area contributed by atoms with Crippen molar-refractivity contribution in [1.29, 1.82) is 0 Å². The van der Waals surface area contributed by atoms with Gasteiger partial charge in [0.15, 0.2) is 5.17 Å². The topological polar surface area (TPSA) is 50.5 Å². The fourth-order valence-electron chi connectivity index (χ4n) is 3.71. The Balaban J connectivity index is 1.36. The number of rotatable bonds is 3. The molecule has 0 bridgehead atoms. The number of thioether (sulfide) groups is 1. The molecule has 2 aliphatic rings. The van der Waals surface area contributed by atoms with Crippen LogP contribution in [0.2, 0.25) is 0 Å². The summed E-state index contributed by atoms with van der Waals surface area (Å²) >= 11 is 1.49. The summed E-state index contributed by atoms with van der Waals surface area (Å²) in [4.78, 5) is 19.6. The summed E-state index contributed by atoms with van der Waals surface area (Å²) in [5.74, 6) is 0.573. The maximum atomic E-state index is 12.3. The van der Waals surface area contributed by atoms with Crippen LogP contribution in [0.5, 0.6) is 0 Å². The van der Waals surface area contributed by atoms with Crippen molar-refractivity contribution in [1.82, 2.24) is 14.7 Å². The second-order valence-electron chi connectivity index (χ2n) is 7.27. The highest BCUT2D eigenvalue weighted by Gasteiger charge is 2.29. The zero-order valence-electron chi connectivity index (χ0n) is 15.8. The molecule has 1 saturated heterocycles. The van der Waals surface area contributed by atoms with Gasteiger partial charge in [0.25, 0.3) is 5.91 Å². The van der Waals surface area contributed by atoms with Gasteiger partial charge in [-0.05, 0) is 55.5 Å². The van der Waals surface area contributed by atoms with E-state index >= 15 is 0 Å². The van der Waals surface area contributed by atoms with E-state index in [0.29, 0.717) is 10.8 Å². The van der Waals surface area contributed by atoms with Gasteiger partial charge in [0.1, 0.15) is 0 Å². The first-order valence-electron chi connectivity index (χ1n) is 9.40. The van der Waals surface area contributed by atoms with Crippen LogP contribution in [0.25, 0.3) is 6.08 Å². The molecule has 0 radical (unpaired) electrons. The van der Waals surface area contributed by atoms with Gasteiger partial charge in [0.05, 0.1) is 10.6 Å². The number of benzene rings is 1. The molecule has 0 spiro atoms. The molecule has 6 heteroatoms. The number of aryl methyl sites for hydroxylation is 2. The number of amidine groups is 1. The molecule has 0 atom stereocenters. The van der Waals surface area contributed by atoms with E-state index in [-0.39, 0.29) is 5.91 Å². The molecule has 4 rings (SSSR count). The van der Waals surface area contributed by atoms with Gasteiger partial charge < -0.3 is 4.90 Å². The standard InChI is InChI=1S/C21H24N4OS/c1-15-18(14-24(2)23-15)13-19-20(26)22-21(27-19)25-10-8-17(9-11-25)12-16-6-4-3-5-7-16/h3-7,13-14,17H,8-12H2,1-2H3. The van der Waals surface area contributed by atoms with E-state index in [2.05, 4.69) is 45.3 Å². The van der Waals surface area contributed by atoms with Crippen LogP contribution in [0.4, 0.5) is 0 Å². The summed E-state index contributed by atoms with van der Waals surface area (Å²) in [6.07, 6.45) is 7.27. The number of carbonyl (C=O) groups excluding carboxylic acids is 1. The maximum Gasteiger partial charge on any atom is 0.286 e. The lowest BCUT2D eigenvalue weighted by Gasteiger charge is -2.32. The van der Waals surface area contributed by atoms with Gasteiger partial charge in [-0.3, -0.25) is 9.48 Å². The summed E-state index contributed by atoms with van der Waals surface area (Å²) in [6.45, 7) is 3.89. The molecule has 1 fully saturated rings. The minimum Gasteiger partial charge on any atom is -0.351 e. The minimum absolute atomic E-state index is 0.135. The average molecular weight is 381 g/mol. The minimum atomic E-state index is -0.135. The van der Waals surface area contributed by atoms with Gasteiger partial charge in [0, 0.05) is 31.9 Å². The van der Waals surface area contributed by atoms with Crippen LogP contribution in [-0.2, 0) is 18.3 Å². The lowest BCUT2D eigenvalue weighted by atomic mass is 9.90. The van der Waals surface area contributed by atoms with Gasteiger partial charge in [-0.15, -0.1) is 0 Å². The van der Waals surface area contributed by atoms with E-state index < -0.39 is 0 Å². The smallest absolute Gasteiger partial charge is 0.286 e. The van der Waals surface area contributed by atoms with Crippen molar-refractivity contribution in [3.63, 3.8) is 0 Å². The molecule has 3 heterocycles. The number of likely N-dealkylation sites (tertiary alicyclic amines) is 1. The predicted octanol–water partition coefficient (Wildman–Crippen LogP) is 3.65. The van der Waals surface area contributed by atoms with E-state index in [0.717, 1.165) is 48.8 Å². The third-order valence-corrected chi connectivity index (χ3v) is 6.24. The molecule has 5 nitrogen and oxygen atoms in total. The van der Waals surface area contributed by atoms with Gasteiger partial charge in [0.2, 0.25) is 0 Å². The lowest BCUT2D eigenvalue weighted by molar-refractivity contribution is -0.113. The zero-order valence-corrected chi connectivity index (χ0v) is 16.6. The highest BCUT2D eigenvalue weighted by atomic mass is 32.2. The average Bonchev–Trinajstić information content (AvgIpc) is 3.18. The first-order valence-corrected chi connectivity index (χ1v) is 10.2. The van der Waals surface area contributed by atoms with Crippen molar-refractivity contribution < 1.29 is 4.79 Å². The van der Waals surface area contributed by atoms with E-state index in [1.165, 1.54) is 17.3 Å². The van der Waals surface area contributed by atoms with Gasteiger partial charge in [-0.2, -0.15) is 10.1 Å². The molecule has 2 aromatic rings. The second kappa shape index (κ2) is 7.72. The van der Waals surface area contributed by atoms with Crippen LogP contribution in [0.1, 0.15) is 29.7 Å². The van der Waals surface area contributed by atoms with Crippen molar-refractivity contribution in [2.45, 2.75) is 26.2 Å². The lowest BCUT2D eigenvalue weighted by Crippen LogP contribution is -2.37. The Morgan fingerprint density at radius 1 is 1.22 bits per heavy atom. The van der Waals surface area contributed by atoms with Crippen molar-refractivity contribution in [2.75, 3.05) is 13.1 Å². The number of nitrogens with zero attached hydrogens (tertiary/aromatic N) is 4. The maximum absolute atomic E-state index is 12.3. The molecule has 1 amide bonds. The fraction of sp³-hybridized carbons (Fsp3) is 0.381. The monoisotopic (exact) mass is 380 g/mol. The molecule has 1 aromatic heterocycles. The summed E-state index contributed by atoms with van der Waals surface area (Å²) in [6, 6.07) is 10.7. The quantitative estimate of drug-likeness (QED) is 0.763. The number of hydrogen-bond donors (Lipinski definition) is 0. The number of aromatic nitrogens is 2. The number of carbonyl (C=O) groups is 1. The van der Waals surface area contributed by atoms with Crippen molar-refractivity contribution >= 4 is 28.9 Å². The Kier molecular flexibility index (Phi) is 5.16. The molecule has 1 aromatic carbocycles. The first kappa shape index (κ1) is 18.0. The number of hydrogen-bond acceptors (Lipinski definition) is 4. The Hall–Kier alpha value is -2.34. The molecule has 0 aliphatic carbocycles. The van der Waals surface area contributed by atoms with E-state index in [1.807, 2.05) is 26.2 Å². The number of piperidine rings is 1. The van der Waals surface area contributed by atoms with Crippen molar-refractivity contribution in [3.8, 4) is 0 Å². The summed E-state index contributed by atoms with van der Waals surface area (Å²) in [5.41, 5.74) is 3.32. The molecule has 0 saturated carbocycles. The Labute approximate surface area is 164 Å². The predicted molar refractivity (Wildman–Crippen MR) is 110 cm³/mol. The molecular formula is C21H24N4OS.